The molecule has 0 unspecified atom stereocenters. The molecular formula is C14H12BrFN2O2. The van der Waals surface area contributed by atoms with Crippen LogP contribution >= 0.6 is 15.9 Å². The van der Waals surface area contributed by atoms with Gasteiger partial charge in [-0.1, -0.05) is 6.07 Å². The molecule has 0 fully saturated rings. The summed E-state index contributed by atoms with van der Waals surface area (Å²) in [5.74, 6) is -0.519. The van der Waals surface area contributed by atoms with Gasteiger partial charge in [0.2, 0.25) is 0 Å². The van der Waals surface area contributed by atoms with Gasteiger partial charge in [0, 0.05) is 10.5 Å². The highest BCUT2D eigenvalue weighted by molar-refractivity contribution is 9.10. The van der Waals surface area contributed by atoms with Crippen LogP contribution in [0.3, 0.4) is 0 Å². The molecule has 4 nitrogen and oxygen atoms in total. The number of nitrogens with two attached hydrogens (primary N) is 1. The molecule has 6 heteroatoms. The minimum absolute atomic E-state index is 0.0831. The second kappa shape index (κ2) is 5.92. The van der Waals surface area contributed by atoms with E-state index in [1.165, 1.54) is 25.3 Å². The molecule has 0 spiro atoms. The van der Waals surface area contributed by atoms with Gasteiger partial charge in [-0.2, -0.15) is 0 Å². The monoisotopic (exact) mass is 338 g/mol. The molecule has 0 saturated carbocycles. The summed E-state index contributed by atoms with van der Waals surface area (Å²) in [6, 6.07) is 9.23. The number of anilines is 2. The average Bonchev–Trinajstić information content (AvgIpc) is 2.44. The Kier molecular flexibility index (Phi) is 4.24. The predicted octanol–water partition coefficient (Wildman–Crippen LogP) is 3.43. The Hall–Kier alpha value is -2.08. The summed E-state index contributed by atoms with van der Waals surface area (Å²) >= 11 is 3.32. The Morgan fingerprint density at radius 3 is 2.80 bits per heavy atom. The number of hydrogen-bond donors (Lipinski definition) is 2. The van der Waals surface area contributed by atoms with Gasteiger partial charge in [-0.05, 0) is 40.2 Å². The van der Waals surface area contributed by atoms with E-state index < -0.39 is 11.7 Å². The number of amides is 1. The molecule has 0 aliphatic heterocycles. The summed E-state index contributed by atoms with van der Waals surface area (Å²) in [5, 5.41) is 2.66. The Balaban J connectivity index is 2.30. The molecule has 0 aliphatic carbocycles. The van der Waals surface area contributed by atoms with Crippen LogP contribution < -0.4 is 15.8 Å². The number of nitrogens with one attached hydrogen (secondary N) is 1. The SMILES string of the molecule is COc1ccc(Br)c(NC(=O)c2cccc(F)c2N)c1. The van der Waals surface area contributed by atoms with Crippen LogP contribution in [0.4, 0.5) is 15.8 Å². The molecule has 20 heavy (non-hydrogen) atoms. The molecule has 2 rings (SSSR count). The van der Waals surface area contributed by atoms with E-state index in [0.29, 0.717) is 15.9 Å². The second-order valence-electron chi connectivity index (χ2n) is 4.00. The first-order valence-corrected chi connectivity index (χ1v) is 6.51. The number of halogens is 2. The number of para-hydroxylation sites is 1. The van der Waals surface area contributed by atoms with Gasteiger partial charge in [0.05, 0.1) is 24.0 Å². The van der Waals surface area contributed by atoms with Crippen molar-refractivity contribution >= 4 is 33.2 Å². The van der Waals surface area contributed by atoms with E-state index in [0.717, 1.165) is 0 Å². The lowest BCUT2D eigenvalue weighted by Gasteiger charge is -2.10. The van der Waals surface area contributed by atoms with Crippen LogP contribution in [0.5, 0.6) is 5.75 Å². The Bertz CT molecular complexity index is 662. The summed E-state index contributed by atoms with van der Waals surface area (Å²) in [5.41, 5.74) is 5.98. The maximum atomic E-state index is 13.3. The van der Waals surface area contributed by atoms with Crippen molar-refractivity contribution in [1.82, 2.24) is 0 Å². The van der Waals surface area contributed by atoms with E-state index in [-0.39, 0.29) is 11.3 Å². The van der Waals surface area contributed by atoms with Gasteiger partial charge in [0.1, 0.15) is 11.6 Å². The maximum Gasteiger partial charge on any atom is 0.257 e. The van der Waals surface area contributed by atoms with Gasteiger partial charge < -0.3 is 15.8 Å². The molecule has 0 radical (unpaired) electrons. The fourth-order valence-electron chi connectivity index (χ4n) is 1.65. The van der Waals surface area contributed by atoms with Crippen molar-refractivity contribution in [3.05, 3.63) is 52.3 Å². The maximum absolute atomic E-state index is 13.3. The van der Waals surface area contributed by atoms with Crippen molar-refractivity contribution in [1.29, 1.82) is 0 Å². The van der Waals surface area contributed by atoms with Crippen LogP contribution in [0.15, 0.2) is 40.9 Å². The van der Waals surface area contributed by atoms with Crippen molar-refractivity contribution < 1.29 is 13.9 Å². The molecule has 0 atom stereocenters. The highest BCUT2D eigenvalue weighted by atomic mass is 79.9. The van der Waals surface area contributed by atoms with E-state index in [2.05, 4.69) is 21.2 Å². The van der Waals surface area contributed by atoms with Crippen molar-refractivity contribution in [2.75, 3.05) is 18.2 Å². The summed E-state index contributed by atoms with van der Waals surface area (Å²) in [6.07, 6.45) is 0. The summed E-state index contributed by atoms with van der Waals surface area (Å²) in [4.78, 5) is 12.1. The Labute approximate surface area is 123 Å². The predicted molar refractivity (Wildman–Crippen MR) is 79.5 cm³/mol. The molecule has 3 N–H and O–H groups in total. The molecule has 0 heterocycles. The summed E-state index contributed by atoms with van der Waals surface area (Å²) in [7, 11) is 1.53. The molecule has 2 aromatic rings. The zero-order chi connectivity index (χ0) is 14.7. The van der Waals surface area contributed by atoms with Gasteiger partial charge >= 0.3 is 0 Å². The number of hydrogen-bond acceptors (Lipinski definition) is 3. The smallest absolute Gasteiger partial charge is 0.257 e. The molecule has 0 aliphatic rings. The number of nitrogen functional groups attached to an aromatic ring is 1. The molecule has 2 aromatic carbocycles. The number of benzene rings is 2. The lowest BCUT2D eigenvalue weighted by molar-refractivity contribution is 0.102. The topological polar surface area (TPSA) is 64.3 Å². The van der Waals surface area contributed by atoms with Gasteiger partial charge in [0.15, 0.2) is 0 Å². The van der Waals surface area contributed by atoms with Crippen molar-refractivity contribution in [2.24, 2.45) is 0 Å². The highest BCUT2D eigenvalue weighted by Crippen LogP contribution is 2.28. The first-order chi connectivity index (χ1) is 9.52. The minimum atomic E-state index is -0.623. The third-order valence-corrected chi connectivity index (χ3v) is 3.41. The van der Waals surface area contributed by atoms with Gasteiger partial charge in [-0.15, -0.1) is 0 Å². The van der Waals surface area contributed by atoms with Crippen molar-refractivity contribution in [3.8, 4) is 5.75 Å². The second-order valence-corrected chi connectivity index (χ2v) is 4.86. The van der Waals surface area contributed by atoms with E-state index in [4.69, 9.17) is 10.5 Å². The Morgan fingerprint density at radius 1 is 1.35 bits per heavy atom. The van der Waals surface area contributed by atoms with E-state index in [1.54, 1.807) is 18.2 Å². The number of methoxy groups -OCH3 is 1. The van der Waals surface area contributed by atoms with Crippen LogP contribution in [0.2, 0.25) is 0 Å². The van der Waals surface area contributed by atoms with E-state index in [1.807, 2.05) is 0 Å². The van der Waals surface area contributed by atoms with E-state index >= 15 is 0 Å². The normalized spacial score (nSPS) is 10.2. The number of carbonyl (C=O) groups is 1. The first-order valence-electron chi connectivity index (χ1n) is 5.72. The van der Waals surface area contributed by atoms with E-state index in [9.17, 15) is 9.18 Å². The molecule has 0 bridgehead atoms. The zero-order valence-electron chi connectivity index (χ0n) is 10.6. The van der Waals surface area contributed by atoms with Crippen molar-refractivity contribution in [3.63, 3.8) is 0 Å². The molecular weight excluding hydrogens is 327 g/mol. The van der Waals surface area contributed by atoms with Gasteiger partial charge in [0.25, 0.3) is 5.91 Å². The lowest BCUT2D eigenvalue weighted by atomic mass is 10.1. The molecule has 0 saturated heterocycles. The molecule has 0 aromatic heterocycles. The average molecular weight is 339 g/mol. The highest BCUT2D eigenvalue weighted by Gasteiger charge is 2.14. The quantitative estimate of drug-likeness (QED) is 0.842. The van der Waals surface area contributed by atoms with Gasteiger partial charge in [-0.3, -0.25) is 4.79 Å². The fourth-order valence-corrected chi connectivity index (χ4v) is 2.00. The third-order valence-electron chi connectivity index (χ3n) is 2.72. The zero-order valence-corrected chi connectivity index (χ0v) is 12.2. The minimum Gasteiger partial charge on any atom is -0.497 e. The van der Waals surface area contributed by atoms with Crippen molar-refractivity contribution in [2.45, 2.75) is 0 Å². The third kappa shape index (κ3) is 2.91. The number of carbonyl (C=O) groups excluding carboxylic acids is 1. The first kappa shape index (κ1) is 14.3. The molecule has 1 amide bonds. The number of rotatable bonds is 3. The lowest BCUT2D eigenvalue weighted by Crippen LogP contribution is -2.15. The van der Waals surface area contributed by atoms with Crippen LogP contribution in [0, 0.1) is 5.82 Å². The van der Waals surface area contributed by atoms with Crippen LogP contribution in [0.1, 0.15) is 10.4 Å². The van der Waals surface area contributed by atoms with Crippen LogP contribution in [0.25, 0.3) is 0 Å². The van der Waals surface area contributed by atoms with Gasteiger partial charge in [-0.25, -0.2) is 4.39 Å². The summed E-state index contributed by atoms with van der Waals surface area (Å²) in [6.45, 7) is 0. The Morgan fingerprint density at radius 2 is 2.10 bits per heavy atom. The van der Waals surface area contributed by atoms with Crippen LogP contribution in [-0.4, -0.2) is 13.0 Å². The summed E-state index contributed by atoms with van der Waals surface area (Å²) < 4.78 is 19.1. The number of ether oxygens (including phenoxy) is 1. The largest absolute Gasteiger partial charge is 0.497 e. The fraction of sp³-hybridized carbons (Fsp3) is 0.0714. The molecule has 104 valence electrons. The van der Waals surface area contributed by atoms with Crippen LogP contribution in [-0.2, 0) is 0 Å². The standard InChI is InChI=1S/C14H12BrFN2O2/c1-20-8-5-6-10(15)12(7-8)18-14(19)9-3-2-4-11(16)13(9)17/h2-7H,17H2,1H3,(H,18,19).